The topological polar surface area (TPSA) is 53.1 Å². The van der Waals surface area contributed by atoms with Gasteiger partial charge in [0.15, 0.2) is 0 Å². The Labute approximate surface area is 116 Å². The van der Waals surface area contributed by atoms with Crippen LogP contribution in [0.3, 0.4) is 0 Å². The minimum Gasteiger partial charge on any atom is -0.370 e. The van der Waals surface area contributed by atoms with Gasteiger partial charge in [-0.15, -0.1) is 0 Å². The summed E-state index contributed by atoms with van der Waals surface area (Å²) in [6, 6.07) is 0. The lowest BCUT2D eigenvalue weighted by atomic mass is 10.0. The highest BCUT2D eigenvalue weighted by atomic mass is 15.1. The summed E-state index contributed by atoms with van der Waals surface area (Å²) in [5, 5.41) is 6.79. The zero-order valence-electron chi connectivity index (χ0n) is 12.8. The molecule has 0 saturated heterocycles. The van der Waals surface area contributed by atoms with E-state index in [-0.39, 0.29) is 0 Å². The molecule has 0 unspecified atom stereocenters. The van der Waals surface area contributed by atoms with E-state index in [9.17, 15) is 0 Å². The molecular formula is C14H27N5. The lowest BCUT2D eigenvalue weighted by Gasteiger charge is -2.18. The van der Waals surface area contributed by atoms with E-state index in [1.54, 1.807) is 6.33 Å². The molecule has 0 radical (unpaired) electrons. The standard InChI is InChI=1S/C14H27N5/c1-6-7-15-13-12(11(2)3)14(18-10-17-13)16-8-9-19(4)5/h10-11H,6-9H2,1-5H3,(H2,15,16,17,18). The van der Waals surface area contributed by atoms with Gasteiger partial charge in [-0.1, -0.05) is 20.8 Å². The van der Waals surface area contributed by atoms with Crippen LogP contribution < -0.4 is 10.6 Å². The van der Waals surface area contributed by atoms with Crippen LogP contribution in [0.1, 0.15) is 38.7 Å². The van der Waals surface area contributed by atoms with Gasteiger partial charge in [-0.25, -0.2) is 9.97 Å². The van der Waals surface area contributed by atoms with Crippen LogP contribution in [0.2, 0.25) is 0 Å². The summed E-state index contributed by atoms with van der Waals surface area (Å²) < 4.78 is 0. The highest BCUT2D eigenvalue weighted by Crippen LogP contribution is 2.28. The summed E-state index contributed by atoms with van der Waals surface area (Å²) in [4.78, 5) is 10.9. The van der Waals surface area contributed by atoms with E-state index in [4.69, 9.17) is 0 Å². The molecule has 0 fully saturated rings. The molecule has 0 amide bonds. The Morgan fingerprint density at radius 3 is 2.16 bits per heavy atom. The molecule has 0 bridgehead atoms. The maximum Gasteiger partial charge on any atom is 0.135 e. The summed E-state index contributed by atoms with van der Waals surface area (Å²) >= 11 is 0. The van der Waals surface area contributed by atoms with Crippen LogP contribution in [0, 0.1) is 0 Å². The predicted octanol–water partition coefficient (Wildman–Crippen LogP) is 2.40. The van der Waals surface area contributed by atoms with Crippen LogP contribution in [0.4, 0.5) is 11.6 Å². The number of hydrogen-bond donors (Lipinski definition) is 2. The van der Waals surface area contributed by atoms with E-state index in [0.717, 1.165) is 37.7 Å². The fourth-order valence-electron chi connectivity index (χ4n) is 1.87. The van der Waals surface area contributed by atoms with Crippen LogP contribution >= 0.6 is 0 Å². The highest BCUT2D eigenvalue weighted by Gasteiger charge is 2.14. The monoisotopic (exact) mass is 265 g/mol. The number of rotatable bonds is 8. The van der Waals surface area contributed by atoms with Crippen molar-refractivity contribution < 1.29 is 0 Å². The maximum absolute atomic E-state index is 4.38. The second-order valence-electron chi connectivity index (χ2n) is 5.30. The van der Waals surface area contributed by atoms with Crippen LogP contribution in [-0.4, -0.2) is 48.6 Å². The molecule has 5 heteroatoms. The molecule has 0 atom stereocenters. The molecule has 108 valence electrons. The molecule has 0 spiro atoms. The third-order valence-corrected chi connectivity index (χ3v) is 2.86. The van der Waals surface area contributed by atoms with Crippen molar-refractivity contribution in [2.45, 2.75) is 33.1 Å². The second kappa shape index (κ2) is 7.94. The molecule has 0 aromatic carbocycles. The first-order valence-corrected chi connectivity index (χ1v) is 7.03. The first kappa shape index (κ1) is 15.7. The smallest absolute Gasteiger partial charge is 0.135 e. The Kier molecular flexibility index (Phi) is 6.56. The molecule has 0 aliphatic heterocycles. The van der Waals surface area contributed by atoms with Crippen LogP contribution in [-0.2, 0) is 0 Å². The van der Waals surface area contributed by atoms with E-state index >= 15 is 0 Å². The largest absolute Gasteiger partial charge is 0.370 e. The quantitative estimate of drug-likeness (QED) is 0.756. The van der Waals surface area contributed by atoms with Crippen molar-refractivity contribution in [1.82, 2.24) is 14.9 Å². The zero-order valence-corrected chi connectivity index (χ0v) is 12.8. The van der Waals surface area contributed by atoms with Crippen LogP contribution in [0.15, 0.2) is 6.33 Å². The van der Waals surface area contributed by atoms with Gasteiger partial charge >= 0.3 is 0 Å². The van der Waals surface area contributed by atoms with E-state index in [1.165, 1.54) is 5.56 Å². The SMILES string of the molecule is CCCNc1ncnc(NCCN(C)C)c1C(C)C. The zero-order chi connectivity index (χ0) is 14.3. The number of anilines is 2. The minimum absolute atomic E-state index is 0.391. The van der Waals surface area contributed by atoms with Crippen molar-refractivity contribution in [3.63, 3.8) is 0 Å². The van der Waals surface area contributed by atoms with Gasteiger partial charge in [0.1, 0.15) is 18.0 Å². The van der Waals surface area contributed by atoms with E-state index < -0.39 is 0 Å². The fourth-order valence-corrected chi connectivity index (χ4v) is 1.87. The maximum atomic E-state index is 4.38. The summed E-state index contributed by atoms with van der Waals surface area (Å²) in [5.74, 6) is 2.30. The number of aromatic nitrogens is 2. The summed E-state index contributed by atoms with van der Waals surface area (Å²) in [7, 11) is 4.14. The number of nitrogens with zero attached hydrogens (tertiary/aromatic N) is 3. The van der Waals surface area contributed by atoms with Gasteiger partial charge in [-0.2, -0.15) is 0 Å². The Morgan fingerprint density at radius 2 is 1.68 bits per heavy atom. The van der Waals surface area contributed by atoms with Crippen LogP contribution in [0.5, 0.6) is 0 Å². The van der Waals surface area contributed by atoms with Crippen molar-refractivity contribution in [3.8, 4) is 0 Å². The first-order chi connectivity index (χ1) is 9.06. The van der Waals surface area contributed by atoms with E-state index in [1.807, 2.05) is 0 Å². The minimum atomic E-state index is 0.391. The molecule has 0 saturated carbocycles. The third kappa shape index (κ3) is 5.03. The molecule has 0 aliphatic rings. The average molecular weight is 265 g/mol. The summed E-state index contributed by atoms with van der Waals surface area (Å²) in [5.41, 5.74) is 1.18. The molecule has 19 heavy (non-hydrogen) atoms. The molecule has 1 aromatic rings. The van der Waals surface area contributed by atoms with Crippen LogP contribution in [0.25, 0.3) is 0 Å². The summed E-state index contributed by atoms with van der Waals surface area (Å²) in [6.07, 6.45) is 2.72. The van der Waals surface area contributed by atoms with Gasteiger partial charge in [0.05, 0.1) is 0 Å². The molecule has 1 rings (SSSR count). The molecule has 2 N–H and O–H groups in total. The lowest BCUT2D eigenvalue weighted by molar-refractivity contribution is 0.425. The predicted molar refractivity (Wildman–Crippen MR) is 81.9 cm³/mol. The Morgan fingerprint density at radius 1 is 1.11 bits per heavy atom. The summed E-state index contributed by atoms with van der Waals surface area (Å²) in [6.45, 7) is 9.31. The van der Waals surface area contributed by atoms with Gasteiger partial charge in [0.25, 0.3) is 0 Å². The molecular weight excluding hydrogens is 238 g/mol. The normalized spacial score (nSPS) is 11.1. The van der Waals surface area contributed by atoms with Gasteiger partial charge in [0.2, 0.25) is 0 Å². The third-order valence-electron chi connectivity index (χ3n) is 2.86. The van der Waals surface area contributed by atoms with Gasteiger partial charge in [0, 0.05) is 25.2 Å². The number of likely N-dealkylation sites (N-methyl/N-ethyl adjacent to an activating group) is 1. The first-order valence-electron chi connectivity index (χ1n) is 7.03. The van der Waals surface area contributed by atoms with Crippen molar-refractivity contribution in [2.75, 3.05) is 44.4 Å². The number of nitrogens with one attached hydrogen (secondary N) is 2. The lowest BCUT2D eigenvalue weighted by Crippen LogP contribution is -2.22. The second-order valence-corrected chi connectivity index (χ2v) is 5.30. The fraction of sp³-hybridized carbons (Fsp3) is 0.714. The van der Waals surface area contributed by atoms with Gasteiger partial charge < -0.3 is 15.5 Å². The highest BCUT2D eigenvalue weighted by molar-refractivity contribution is 5.58. The van der Waals surface area contributed by atoms with Crippen molar-refractivity contribution in [2.24, 2.45) is 0 Å². The molecule has 1 aromatic heterocycles. The molecule has 1 heterocycles. The van der Waals surface area contributed by atoms with E-state index in [2.05, 4.69) is 60.4 Å². The molecule has 5 nitrogen and oxygen atoms in total. The number of hydrogen-bond acceptors (Lipinski definition) is 5. The van der Waals surface area contributed by atoms with Crippen molar-refractivity contribution in [3.05, 3.63) is 11.9 Å². The Bertz CT molecular complexity index is 376. The van der Waals surface area contributed by atoms with Crippen molar-refractivity contribution >= 4 is 11.6 Å². The van der Waals surface area contributed by atoms with Crippen molar-refractivity contribution in [1.29, 1.82) is 0 Å². The Balaban J connectivity index is 2.83. The Hall–Kier alpha value is -1.36. The van der Waals surface area contributed by atoms with Gasteiger partial charge in [-0.3, -0.25) is 0 Å². The van der Waals surface area contributed by atoms with Gasteiger partial charge in [-0.05, 0) is 26.4 Å². The van der Waals surface area contributed by atoms with E-state index in [0.29, 0.717) is 5.92 Å². The molecule has 0 aliphatic carbocycles. The average Bonchev–Trinajstić information content (AvgIpc) is 2.35.